The van der Waals surface area contributed by atoms with Crippen molar-refractivity contribution in [1.82, 2.24) is 4.90 Å². The second-order valence-electron chi connectivity index (χ2n) is 11.7. The predicted molar refractivity (Wildman–Crippen MR) is 120 cm³/mol. The molecule has 1 aromatic rings. The Hall–Kier alpha value is -1.59. The van der Waals surface area contributed by atoms with Crippen LogP contribution in [0.25, 0.3) is 0 Å². The Labute approximate surface area is 190 Å². The third kappa shape index (κ3) is 2.04. The summed E-state index contributed by atoms with van der Waals surface area (Å²) in [6.45, 7) is 4.61. The lowest BCUT2D eigenvalue weighted by molar-refractivity contribution is -0.243. The van der Waals surface area contributed by atoms with Gasteiger partial charge in [0.25, 0.3) is 0 Å². The molecule has 5 heteroatoms. The molecule has 7 atom stereocenters. The number of rotatable bonds is 5. The summed E-state index contributed by atoms with van der Waals surface area (Å²) in [4.78, 5) is 15.8. The summed E-state index contributed by atoms with van der Waals surface area (Å²) in [6, 6.07) is 4.87. The maximum Gasteiger partial charge on any atom is 0.165 e. The van der Waals surface area contributed by atoms with Gasteiger partial charge in [0.1, 0.15) is 18.5 Å². The van der Waals surface area contributed by atoms with Crippen LogP contribution in [0.1, 0.15) is 56.6 Å². The van der Waals surface area contributed by atoms with Crippen LogP contribution < -0.4 is 9.47 Å². The van der Waals surface area contributed by atoms with Crippen LogP contribution in [0.4, 0.5) is 0 Å². The number of carbonyl (C=O) groups is 1. The first kappa shape index (κ1) is 19.8. The van der Waals surface area contributed by atoms with Crippen molar-refractivity contribution in [2.24, 2.45) is 22.7 Å². The number of benzene rings is 1. The Balaban J connectivity index is 1.50. The Morgan fingerprint density at radius 2 is 2.06 bits per heavy atom. The maximum atomic E-state index is 12.9. The molecule has 32 heavy (non-hydrogen) atoms. The number of methoxy groups -OCH3 is 2. The summed E-state index contributed by atoms with van der Waals surface area (Å²) in [5.74, 6) is 2.95. The van der Waals surface area contributed by atoms with Gasteiger partial charge in [0, 0.05) is 36.1 Å². The Morgan fingerprint density at radius 3 is 2.78 bits per heavy atom. The van der Waals surface area contributed by atoms with Gasteiger partial charge in [-0.15, -0.1) is 0 Å². The number of aldehydes is 1. The summed E-state index contributed by atoms with van der Waals surface area (Å²) in [6.07, 6.45) is 9.06. The molecule has 0 N–H and O–H groups in total. The fourth-order valence-corrected chi connectivity index (χ4v) is 9.23. The quantitative estimate of drug-likeness (QED) is 0.657. The van der Waals surface area contributed by atoms with Gasteiger partial charge in [0.05, 0.1) is 12.5 Å². The molecule has 0 amide bonds. The molecule has 3 saturated carbocycles. The normalized spacial score (nSPS) is 45.7. The maximum absolute atomic E-state index is 12.9. The lowest BCUT2D eigenvalue weighted by Gasteiger charge is -2.72. The molecular weight excluding hydrogens is 402 g/mol. The highest BCUT2D eigenvalue weighted by Gasteiger charge is 2.78. The summed E-state index contributed by atoms with van der Waals surface area (Å²) in [7, 11) is 3.52. The summed E-state index contributed by atoms with van der Waals surface area (Å²) in [5, 5.41) is 0. The van der Waals surface area contributed by atoms with Crippen molar-refractivity contribution >= 4 is 6.29 Å². The summed E-state index contributed by atoms with van der Waals surface area (Å²) in [5.41, 5.74) is 2.35. The topological polar surface area (TPSA) is 48.0 Å². The fourth-order valence-electron chi connectivity index (χ4n) is 9.23. The molecule has 3 unspecified atom stereocenters. The number of hydrogen-bond acceptors (Lipinski definition) is 5. The van der Waals surface area contributed by atoms with E-state index < -0.39 is 5.41 Å². The first-order valence-corrected chi connectivity index (χ1v) is 12.6. The molecule has 2 spiro atoms. The number of piperidine rings is 1. The van der Waals surface area contributed by atoms with Crippen LogP contribution in [0.5, 0.6) is 11.5 Å². The van der Waals surface area contributed by atoms with Crippen LogP contribution in [0.15, 0.2) is 12.1 Å². The van der Waals surface area contributed by atoms with Gasteiger partial charge in [-0.2, -0.15) is 0 Å². The van der Waals surface area contributed by atoms with Crippen molar-refractivity contribution in [3.8, 4) is 11.5 Å². The minimum Gasteiger partial charge on any atom is -0.493 e. The van der Waals surface area contributed by atoms with Gasteiger partial charge in [-0.05, 0) is 75.0 Å². The number of hydrogen-bond donors (Lipinski definition) is 0. The molecule has 1 aromatic carbocycles. The zero-order valence-corrected chi connectivity index (χ0v) is 19.6. The van der Waals surface area contributed by atoms with E-state index in [9.17, 15) is 4.79 Å². The van der Waals surface area contributed by atoms with Crippen molar-refractivity contribution in [3.05, 3.63) is 23.3 Å². The predicted octanol–water partition coefficient (Wildman–Crippen LogP) is 3.75. The number of nitrogens with zero attached hydrogens (tertiary/aromatic N) is 1. The monoisotopic (exact) mass is 437 g/mol. The van der Waals surface area contributed by atoms with E-state index in [4.69, 9.17) is 14.2 Å². The van der Waals surface area contributed by atoms with Crippen LogP contribution in [0.2, 0.25) is 0 Å². The van der Waals surface area contributed by atoms with E-state index in [-0.39, 0.29) is 23.0 Å². The lowest BCUT2D eigenvalue weighted by Crippen LogP contribution is -2.79. The van der Waals surface area contributed by atoms with Crippen molar-refractivity contribution in [2.75, 3.05) is 27.3 Å². The van der Waals surface area contributed by atoms with Crippen LogP contribution >= 0.6 is 0 Å². The van der Waals surface area contributed by atoms with E-state index in [1.807, 2.05) is 0 Å². The zero-order chi connectivity index (χ0) is 21.9. The number of carbonyl (C=O) groups excluding carboxylic acids is 1. The van der Waals surface area contributed by atoms with E-state index >= 15 is 0 Å². The van der Waals surface area contributed by atoms with Gasteiger partial charge in [-0.1, -0.05) is 13.0 Å². The molecule has 4 fully saturated rings. The lowest BCUT2D eigenvalue weighted by atomic mass is 9.35. The fraction of sp³-hybridized carbons (Fsp3) is 0.741. The average molecular weight is 438 g/mol. The highest BCUT2D eigenvalue weighted by molar-refractivity contribution is 5.68. The number of fused-ring (bicyclic) bond motifs is 1. The molecule has 7 rings (SSSR count). The van der Waals surface area contributed by atoms with Crippen LogP contribution in [-0.2, 0) is 21.4 Å². The van der Waals surface area contributed by atoms with E-state index in [2.05, 4.69) is 24.0 Å². The third-order valence-electron chi connectivity index (χ3n) is 10.8. The molecule has 0 aromatic heterocycles. The van der Waals surface area contributed by atoms with E-state index in [0.717, 1.165) is 49.6 Å². The largest absolute Gasteiger partial charge is 0.493 e. The van der Waals surface area contributed by atoms with Crippen molar-refractivity contribution < 1.29 is 19.0 Å². The Morgan fingerprint density at radius 1 is 1.22 bits per heavy atom. The van der Waals surface area contributed by atoms with Gasteiger partial charge >= 0.3 is 0 Å². The van der Waals surface area contributed by atoms with Crippen LogP contribution in [-0.4, -0.2) is 56.7 Å². The number of ether oxygens (including phenoxy) is 3. The second-order valence-corrected chi connectivity index (χ2v) is 11.7. The summed E-state index contributed by atoms with van der Waals surface area (Å²) < 4.78 is 19.0. The SMILES string of the molecule is COc1ccc2c3c1O[C@H]1C(OC)[C@]4(C=O)C[C@]5(CCC4C)[C@@H](C2)N(CC2CC2)CCC315. The average Bonchev–Trinajstić information content (AvgIpc) is 3.55. The zero-order valence-electron chi connectivity index (χ0n) is 19.6. The first-order valence-electron chi connectivity index (χ1n) is 12.6. The molecule has 1 saturated heterocycles. The van der Waals surface area contributed by atoms with E-state index in [1.165, 1.54) is 43.2 Å². The molecule has 2 aliphatic heterocycles. The van der Waals surface area contributed by atoms with Crippen molar-refractivity contribution in [2.45, 2.75) is 75.5 Å². The van der Waals surface area contributed by atoms with Gasteiger partial charge in [-0.25, -0.2) is 0 Å². The Bertz CT molecular complexity index is 990. The van der Waals surface area contributed by atoms with Crippen molar-refractivity contribution in [3.63, 3.8) is 0 Å². The molecule has 4 bridgehead atoms. The third-order valence-corrected chi connectivity index (χ3v) is 10.8. The highest BCUT2D eigenvalue weighted by Crippen LogP contribution is 2.75. The summed E-state index contributed by atoms with van der Waals surface area (Å²) >= 11 is 0. The molecule has 0 radical (unpaired) electrons. The second kappa shape index (κ2) is 6.29. The van der Waals surface area contributed by atoms with E-state index in [1.54, 1.807) is 14.2 Å². The van der Waals surface area contributed by atoms with Gasteiger partial charge in [0.15, 0.2) is 11.5 Å². The highest BCUT2D eigenvalue weighted by atomic mass is 16.6. The van der Waals surface area contributed by atoms with Gasteiger partial charge in [-0.3, -0.25) is 4.90 Å². The van der Waals surface area contributed by atoms with Crippen molar-refractivity contribution in [1.29, 1.82) is 0 Å². The minimum absolute atomic E-state index is 0.0673. The molecule has 6 aliphatic rings. The molecule has 172 valence electrons. The van der Waals surface area contributed by atoms with Crippen LogP contribution in [0, 0.1) is 22.7 Å². The molecule has 4 aliphatic carbocycles. The van der Waals surface area contributed by atoms with E-state index in [0.29, 0.717) is 12.0 Å². The van der Waals surface area contributed by atoms with Crippen LogP contribution in [0.3, 0.4) is 0 Å². The minimum atomic E-state index is -0.477. The van der Waals surface area contributed by atoms with Gasteiger partial charge < -0.3 is 19.0 Å². The number of likely N-dealkylation sites (tertiary alicyclic amines) is 1. The van der Waals surface area contributed by atoms with Gasteiger partial charge in [0.2, 0.25) is 0 Å². The molecule has 5 nitrogen and oxygen atoms in total. The first-order chi connectivity index (χ1) is 15.5. The molecular formula is C27H35NO4. The standard InChI is InChI=1S/C27H35NO4/c1-16-8-9-26-14-25(16,15-29)23(31-3)24-27(26)10-11-28(13-17-4-5-17)20(26)12-18-6-7-19(30-2)22(32-24)21(18)27/h6-7,15-17,20,23-24H,4-5,8-14H2,1-3H3/t16?,20-,23?,24+,25+,26-,27?/m1/s1. The molecule has 2 heterocycles. The smallest absolute Gasteiger partial charge is 0.165 e. The Kier molecular flexibility index (Phi) is 3.90.